The van der Waals surface area contributed by atoms with Gasteiger partial charge < -0.3 is 4.90 Å². The van der Waals surface area contributed by atoms with E-state index in [0.29, 0.717) is 18.5 Å². The van der Waals surface area contributed by atoms with Crippen LogP contribution in [0.4, 0.5) is 5.69 Å². The second kappa shape index (κ2) is 7.37. The van der Waals surface area contributed by atoms with Gasteiger partial charge in [0.25, 0.3) is 5.91 Å². The van der Waals surface area contributed by atoms with Crippen molar-refractivity contribution in [1.29, 1.82) is 0 Å². The van der Waals surface area contributed by atoms with Crippen LogP contribution >= 0.6 is 0 Å². The minimum atomic E-state index is -3.22. The largest absolute Gasteiger partial charge is 0.308 e. The first-order chi connectivity index (χ1) is 12.0. The summed E-state index contributed by atoms with van der Waals surface area (Å²) in [5, 5.41) is 0. The van der Waals surface area contributed by atoms with E-state index in [4.69, 9.17) is 0 Å². The van der Waals surface area contributed by atoms with Crippen molar-refractivity contribution in [1.82, 2.24) is 4.72 Å². The molecule has 0 saturated carbocycles. The smallest absolute Gasteiger partial charge is 0.258 e. The molecule has 1 N–H and O–H groups in total. The number of carbonyl (C=O) groups excluding carboxylic acids is 1. The van der Waals surface area contributed by atoms with Crippen LogP contribution in [0.25, 0.3) is 0 Å². The first-order valence-electron chi connectivity index (χ1n) is 8.46. The Morgan fingerprint density at radius 2 is 1.92 bits per heavy atom. The quantitative estimate of drug-likeness (QED) is 0.863. The second-order valence-electron chi connectivity index (χ2n) is 6.18. The molecule has 2 aromatic carbocycles. The lowest BCUT2D eigenvalue weighted by Gasteiger charge is -2.17. The normalized spacial score (nSPS) is 13.7. The van der Waals surface area contributed by atoms with Gasteiger partial charge >= 0.3 is 0 Å². The Morgan fingerprint density at radius 1 is 1.16 bits per heavy atom. The summed E-state index contributed by atoms with van der Waals surface area (Å²) in [5.74, 6) is 0.132. The highest BCUT2D eigenvalue weighted by molar-refractivity contribution is 7.89. The van der Waals surface area contributed by atoms with Crippen LogP contribution < -0.4 is 9.62 Å². The van der Waals surface area contributed by atoms with Crippen molar-refractivity contribution in [3.05, 3.63) is 65.2 Å². The standard InChI is InChI=1S/C19H22N2O3S/c1-2-12-25(23,24)20-14-15-8-9-18-17(13-15)10-11-21(18)19(22)16-6-4-3-5-7-16/h3-9,13,20H,2,10-12,14H2,1H3. The second-order valence-corrected chi connectivity index (χ2v) is 8.10. The lowest BCUT2D eigenvalue weighted by atomic mass is 10.1. The van der Waals surface area contributed by atoms with E-state index in [1.54, 1.807) is 4.90 Å². The Balaban J connectivity index is 1.74. The molecule has 2 aromatic rings. The Hall–Kier alpha value is -2.18. The molecule has 0 aromatic heterocycles. The average molecular weight is 358 g/mol. The van der Waals surface area contributed by atoms with E-state index in [9.17, 15) is 13.2 Å². The van der Waals surface area contributed by atoms with Crippen molar-refractivity contribution in [3.8, 4) is 0 Å². The molecule has 0 atom stereocenters. The molecular weight excluding hydrogens is 336 g/mol. The average Bonchev–Trinajstić information content (AvgIpc) is 3.03. The molecule has 0 bridgehead atoms. The maximum absolute atomic E-state index is 12.7. The molecule has 0 fully saturated rings. The van der Waals surface area contributed by atoms with E-state index in [1.807, 2.05) is 55.5 Å². The predicted octanol–water partition coefficient (Wildman–Crippen LogP) is 2.72. The van der Waals surface area contributed by atoms with E-state index in [2.05, 4.69) is 4.72 Å². The van der Waals surface area contributed by atoms with Gasteiger partial charge in [-0.25, -0.2) is 13.1 Å². The summed E-state index contributed by atoms with van der Waals surface area (Å²) in [7, 11) is -3.22. The first kappa shape index (κ1) is 17.6. The van der Waals surface area contributed by atoms with E-state index < -0.39 is 10.0 Å². The molecule has 0 unspecified atom stereocenters. The number of sulfonamides is 1. The number of rotatable bonds is 6. The fourth-order valence-electron chi connectivity index (χ4n) is 3.05. The molecule has 0 aliphatic carbocycles. The third-order valence-corrected chi connectivity index (χ3v) is 5.80. The van der Waals surface area contributed by atoms with Gasteiger partial charge in [-0.3, -0.25) is 4.79 Å². The molecule has 1 amide bonds. The lowest BCUT2D eigenvalue weighted by molar-refractivity contribution is 0.0989. The van der Waals surface area contributed by atoms with Crippen LogP contribution in [0.15, 0.2) is 48.5 Å². The number of nitrogens with one attached hydrogen (secondary N) is 1. The van der Waals surface area contributed by atoms with E-state index in [-0.39, 0.29) is 18.2 Å². The fourth-order valence-corrected chi connectivity index (χ4v) is 4.12. The van der Waals surface area contributed by atoms with E-state index >= 15 is 0 Å². The van der Waals surface area contributed by atoms with Crippen molar-refractivity contribution in [2.75, 3.05) is 17.2 Å². The fraction of sp³-hybridized carbons (Fsp3) is 0.316. The molecule has 5 nitrogen and oxygen atoms in total. The first-order valence-corrected chi connectivity index (χ1v) is 10.1. The highest BCUT2D eigenvalue weighted by Crippen LogP contribution is 2.30. The molecule has 6 heteroatoms. The van der Waals surface area contributed by atoms with Gasteiger partial charge in [-0.05, 0) is 42.2 Å². The summed E-state index contributed by atoms with van der Waals surface area (Å²) in [4.78, 5) is 14.4. The van der Waals surface area contributed by atoms with Crippen LogP contribution in [0.2, 0.25) is 0 Å². The number of amides is 1. The third-order valence-electron chi connectivity index (χ3n) is 4.27. The summed E-state index contributed by atoms with van der Waals surface area (Å²) >= 11 is 0. The Morgan fingerprint density at radius 3 is 2.64 bits per heavy atom. The van der Waals surface area contributed by atoms with Gasteiger partial charge in [0.05, 0.1) is 5.75 Å². The molecule has 3 rings (SSSR count). The summed E-state index contributed by atoms with van der Waals surface area (Å²) < 4.78 is 26.2. The van der Waals surface area contributed by atoms with Gasteiger partial charge in [-0.1, -0.05) is 37.3 Å². The van der Waals surface area contributed by atoms with E-state index in [1.165, 1.54) is 0 Å². The Kier molecular flexibility index (Phi) is 5.20. The number of anilines is 1. The molecule has 25 heavy (non-hydrogen) atoms. The van der Waals surface area contributed by atoms with Gasteiger partial charge in [0.1, 0.15) is 0 Å². The van der Waals surface area contributed by atoms with Gasteiger partial charge in [0, 0.05) is 24.3 Å². The zero-order valence-corrected chi connectivity index (χ0v) is 15.1. The number of nitrogens with zero attached hydrogens (tertiary/aromatic N) is 1. The van der Waals surface area contributed by atoms with Gasteiger partial charge in [0.15, 0.2) is 0 Å². The molecule has 0 radical (unpaired) electrons. The van der Waals surface area contributed by atoms with Crippen LogP contribution in [0.3, 0.4) is 0 Å². The number of hydrogen-bond donors (Lipinski definition) is 1. The highest BCUT2D eigenvalue weighted by atomic mass is 32.2. The molecule has 132 valence electrons. The number of benzene rings is 2. The highest BCUT2D eigenvalue weighted by Gasteiger charge is 2.25. The van der Waals surface area contributed by atoms with Crippen molar-refractivity contribution in [2.24, 2.45) is 0 Å². The van der Waals surface area contributed by atoms with Crippen LogP contribution in [-0.4, -0.2) is 26.6 Å². The Labute approximate surface area is 148 Å². The summed E-state index contributed by atoms with van der Waals surface area (Å²) in [5.41, 5.74) is 3.57. The van der Waals surface area contributed by atoms with Crippen molar-refractivity contribution >= 4 is 21.6 Å². The molecule has 1 aliphatic rings. The summed E-state index contributed by atoms with van der Waals surface area (Å²) in [6.45, 7) is 2.77. The molecule has 0 spiro atoms. The minimum Gasteiger partial charge on any atom is -0.308 e. The SMILES string of the molecule is CCCS(=O)(=O)NCc1ccc2c(c1)CCN2C(=O)c1ccccc1. The Bertz CT molecular complexity index is 863. The van der Waals surface area contributed by atoms with Crippen molar-refractivity contribution in [3.63, 3.8) is 0 Å². The number of hydrogen-bond acceptors (Lipinski definition) is 3. The molecule has 1 heterocycles. The summed E-state index contributed by atoms with van der Waals surface area (Å²) in [6, 6.07) is 15.0. The molecule has 1 aliphatic heterocycles. The van der Waals surface area contributed by atoms with Crippen LogP contribution in [-0.2, 0) is 23.0 Å². The third kappa shape index (κ3) is 4.08. The zero-order chi connectivity index (χ0) is 17.9. The predicted molar refractivity (Wildman–Crippen MR) is 99.2 cm³/mol. The monoisotopic (exact) mass is 358 g/mol. The van der Waals surface area contributed by atoms with Gasteiger partial charge in [0.2, 0.25) is 10.0 Å². The topological polar surface area (TPSA) is 66.5 Å². The maximum Gasteiger partial charge on any atom is 0.258 e. The zero-order valence-electron chi connectivity index (χ0n) is 14.2. The maximum atomic E-state index is 12.7. The minimum absolute atomic E-state index is 0.00394. The van der Waals surface area contributed by atoms with Crippen molar-refractivity contribution in [2.45, 2.75) is 26.3 Å². The number of fused-ring (bicyclic) bond motifs is 1. The molecular formula is C19H22N2O3S. The molecule has 0 saturated heterocycles. The van der Waals surface area contributed by atoms with Gasteiger partial charge in [-0.15, -0.1) is 0 Å². The van der Waals surface area contributed by atoms with Crippen LogP contribution in [0, 0.1) is 0 Å². The summed E-state index contributed by atoms with van der Waals surface area (Å²) in [6.07, 6.45) is 1.37. The van der Waals surface area contributed by atoms with Crippen LogP contribution in [0.5, 0.6) is 0 Å². The lowest BCUT2D eigenvalue weighted by Crippen LogP contribution is -2.28. The van der Waals surface area contributed by atoms with Crippen molar-refractivity contribution < 1.29 is 13.2 Å². The number of carbonyl (C=O) groups is 1. The van der Waals surface area contributed by atoms with E-state index in [0.717, 1.165) is 23.2 Å². The van der Waals surface area contributed by atoms with Crippen LogP contribution in [0.1, 0.15) is 34.8 Å². The van der Waals surface area contributed by atoms with Gasteiger partial charge in [-0.2, -0.15) is 0 Å².